The molecule has 0 aromatic carbocycles. The lowest BCUT2D eigenvalue weighted by Gasteiger charge is -2.13. The van der Waals surface area contributed by atoms with E-state index in [-0.39, 0.29) is 6.10 Å². The van der Waals surface area contributed by atoms with Gasteiger partial charge in [0.05, 0.1) is 17.9 Å². The van der Waals surface area contributed by atoms with Crippen LogP contribution in [0.15, 0.2) is 12.3 Å². The predicted octanol–water partition coefficient (Wildman–Crippen LogP) is 0.949. The lowest BCUT2D eigenvalue weighted by atomic mass is 10.3. The van der Waals surface area contributed by atoms with Gasteiger partial charge in [0.15, 0.2) is 0 Å². The van der Waals surface area contributed by atoms with E-state index in [0.29, 0.717) is 23.7 Å². The third kappa shape index (κ3) is 3.11. The van der Waals surface area contributed by atoms with E-state index in [4.69, 9.17) is 20.5 Å². The van der Waals surface area contributed by atoms with Crippen LogP contribution in [0.1, 0.15) is 12.5 Å². The number of hydrogen-bond donors (Lipinski definition) is 1. The highest BCUT2D eigenvalue weighted by Crippen LogP contribution is 2.19. The molecular weight excluding hydrogens is 194 g/mol. The molecular formula is C10H13N3O2. The fourth-order valence-corrected chi connectivity index (χ4v) is 1.09. The molecule has 80 valence electrons. The van der Waals surface area contributed by atoms with E-state index in [1.807, 2.05) is 13.0 Å². The second kappa shape index (κ2) is 5.17. The largest absolute Gasteiger partial charge is 0.471 e. The van der Waals surface area contributed by atoms with E-state index >= 15 is 0 Å². The first-order valence-electron chi connectivity index (χ1n) is 4.48. The summed E-state index contributed by atoms with van der Waals surface area (Å²) in [5, 5.41) is 8.61. The van der Waals surface area contributed by atoms with Gasteiger partial charge in [0.25, 0.3) is 0 Å². The Kier molecular flexibility index (Phi) is 3.89. The van der Waals surface area contributed by atoms with Crippen LogP contribution in [0.4, 0.5) is 5.69 Å². The van der Waals surface area contributed by atoms with Crippen molar-refractivity contribution >= 4 is 5.69 Å². The fraction of sp³-hybridized carbons (Fsp3) is 0.400. The Labute approximate surface area is 88.4 Å². The molecule has 1 aromatic heterocycles. The van der Waals surface area contributed by atoms with E-state index in [1.54, 1.807) is 7.11 Å². The maximum Gasteiger partial charge on any atom is 0.237 e. The lowest BCUT2D eigenvalue weighted by Crippen LogP contribution is -2.19. The van der Waals surface area contributed by atoms with Gasteiger partial charge in [-0.1, -0.05) is 0 Å². The first-order chi connectivity index (χ1) is 7.17. The second-order valence-corrected chi connectivity index (χ2v) is 3.11. The second-order valence-electron chi connectivity index (χ2n) is 3.11. The SMILES string of the molecule is COCC(C)Oc1ncc(C#N)cc1N. The van der Waals surface area contributed by atoms with E-state index in [9.17, 15) is 0 Å². The molecule has 0 saturated heterocycles. The summed E-state index contributed by atoms with van der Waals surface area (Å²) in [6, 6.07) is 3.48. The molecule has 0 amide bonds. The summed E-state index contributed by atoms with van der Waals surface area (Å²) in [7, 11) is 1.59. The van der Waals surface area contributed by atoms with Crippen molar-refractivity contribution in [2.75, 3.05) is 19.5 Å². The van der Waals surface area contributed by atoms with Crippen LogP contribution in [0.2, 0.25) is 0 Å². The van der Waals surface area contributed by atoms with Crippen LogP contribution in [-0.2, 0) is 4.74 Å². The van der Waals surface area contributed by atoms with E-state index in [1.165, 1.54) is 12.3 Å². The summed E-state index contributed by atoms with van der Waals surface area (Å²) in [6.07, 6.45) is 1.29. The van der Waals surface area contributed by atoms with Crippen LogP contribution >= 0.6 is 0 Å². The highest BCUT2D eigenvalue weighted by molar-refractivity contribution is 5.51. The number of nitriles is 1. The molecule has 2 N–H and O–H groups in total. The van der Waals surface area contributed by atoms with E-state index < -0.39 is 0 Å². The van der Waals surface area contributed by atoms with Gasteiger partial charge in [-0.05, 0) is 13.0 Å². The number of methoxy groups -OCH3 is 1. The average Bonchev–Trinajstić information content (AvgIpc) is 2.21. The Morgan fingerprint density at radius 3 is 2.93 bits per heavy atom. The summed E-state index contributed by atoms with van der Waals surface area (Å²) in [6.45, 7) is 2.31. The quantitative estimate of drug-likeness (QED) is 0.794. The van der Waals surface area contributed by atoms with E-state index in [2.05, 4.69) is 4.98 Å². The molecule has 1 atom stereocenters. The molecule has 1 unspecified atom stereocenters. The van der Waals surface area contributed by atoms with Gasteiger partial charge in [-0.3, -0.25) is 0 Å². The highest BCUT2D eigenvalue weighted by atomic mass is 16.5. The summed E-state index contributed by atoms with van der Waals surface area (Å²) in [5.74, 6) is 0.332. The highest BCUT2D eigenvalue weighted by Gasteiger charge is 2.08. The molecule has 5 heteroatoms. The van der Waals surface area contributed by atoms with Crippen molar-refractivity contribution in [3.8, 4) is 11.9 Å². The van der Waals surface area contributed by atoms with Gasteiger partial charge in [0.2, 0.25) is 5.88 Å². The Balaban J connectivity index is 2.74. The topological polar surface area (TPSA) is 81.2 Å². The van der Waals surface area contributed by atoms with Crippen molar-refractivity contribution in [2.45, 2.75) is 13.0 Å². The molecule has 5 nitrogen and oxygen atoms in total. The molecule has 0 fully saturated rings. The molecule has 1 rings (SSSR count). The molecule has 0 bridgehead atoms. The van der Waals surface area contributed by atoms with Gasteiger partial charge in [-0.15, -0.1) is 0 Å². The van der Waals surface area contributed by atoms with Crippen molar-refractivity contribution in [3.63, 3.8) is 0 Å². The van der Waals surface area contributed by atoms with Gasteiger partial charge < -0.3 is 15.2 Å². The van der Waals surface area contributed by atoms with E-state index in [0.717, 1.165) is 0 Å². The molecule has 0 aliphatic heterocycles. The Morgan fingerprint density at radius 1 is 1.67 bits per heavy atom. The summed E-state index contributed by atoms with van der Waals surface area (Å²) in [5.41, 5.74) is 6.44. The molecule has 0 aliphatic rings. The number of pyridine rings is 1. The van der Waals surface area contributed by atoms with Crippen LogP contribution in [0.3, 0.4) is 0 Å². The monoisotopic (exact) mass is 207 g/mol. The standard InChI is InChI=1S/C10H13N3O2/c1-7(6-14-2)15-10-9(12)3-8(4-11)5-13-10/h3,5,7H,6,12H2,1-2H3. The minimum absolute atomic E-state index is 0.127. The van der Waals surface area contributed by atoms with Crippen molar-refractivity contribution < 1.29 is 9.47 Å². The smallest absolute Gasteiger partial charge is 0.237 e. The van der Waals surface area contributed by atoms with Gasteiger partial charge in [-0.25, -0.2) is 4.98 Å². The van der Waals surface area contributed by atoms with Gasteiger partial charge in [-0.2, -0.15) is 5.26 Å². The molecule has 0 saturated carbocycles. The predicted molar refractivity (Wildman–Crippen MR) is 55.3 cm³/mol. The van der Waals surface area contributed by atoms with Gasteiger partial charge in [0.1, 0.15) is 12.2 Å². The minimum atomic E-state index is -0.127. The molecule has 15 heavy (non-hydrogen) atoms. The summed E-state index contributed by atoms with van der Waals surface area (Å²) < 4.78 is 10.3. The van der Waals surface area contributed by atoms with Gasteiger partial charge >= 0.3 is 0 Å². The maximum absolute atomic E-state index is 8.61. The Bertz CT molecular complexity index is 373. The molecule has 1 heterocycles. The first-order valence-corrected chi connectivity index (χ1v) is 4.48. The molecule has 0 radical (unpaired) electrons. The Hall–Kier alpha value is -1.80. The van der Waals surface area contributed by atoms with Crippen LogP contribution in [-0.4, -0.2) is 24.8 Å². The van der Waals surface area contributed by atoms with Crippen LogP contribution in [0.5, 0.6) is 5.88 Å². The third-order valence-corrected chi connectivity index (χ3v) is 1.72. The van der Waals surface area contributed by atoms with Gasteiger partial charge in [0, 0.05) is 13.3 Å². The first kappa shape index (κ1) is 11.3. The average molecular weight is 207 g/mol. The summed E-state index contributed by atoms with van der Waals surface area (Å²) >= 11 is 0. The summed E-state index contributed by atoms with van der Waals surface area (Å²) in [4.78, 5) is 3.95. The van der Waals surface area contributed by atoms with Crippen LogP contribution in [0.25, 0.3) is 0 Å². The third-order valence-electron chi connectivity index (χ3n) is 1.72. The normalized spacial score (nSPS) is 11.8. The number of nitrogen functional groups attached to an aromatic ring is 1. The van der Waals surface area contributed by atoms with Crippen molar-refractivity contribution in [1.29, 1.82) is 5.26 Å². The number of anilines is 1. The molecule has 1 aromatic rings. The fourth-order valence-electron chi connectivity index (χ4n) is 1.09. The molecule has 0 aliphatic carbocycles. The zero-order valence-corrected chi connectivity index (χ0v) is 8.73. The number of aromatic nitrogens is 1. The zero-order chi connectivity index (χ0) is 11.3. The molecule has 0 spiro atoms. The Morgan fingerprint density at radius 2 is 2.40 bits per heavy atom. The van der Waals surface area contributed by atoms with Crippen molar-refractivity contribution in [1.82, 2.24) is 4.98 Å². The van der Waals surface area contributed by atoms with Crippen molar-refractivity contribution in [2.24, 2.45) is 0 Å². The zero-order valence-electron chi connectivity index (χ0n) is 8.73. The van der Waals surface area contributed by atoms with Crippen LogP contribution < -0.4 is 10.5 Å². The van der Waals surface area contributed by atoms with Crippen molar-refractivity contribution in [3.05, 3.63) is 17.8 Å². The number of nitrogens with zero attached hydrogens (tertiary/aromatic N) is 2. The minimum Gasteiger partial charge on any atom is -0.471 e. The number of ether oxygens (including phenoxy) is 2. The number of hydrogen-bond acceptors (Lipinski definition) is 5. The lowest BCUT2D eigenvalue weighted by molar-refractivity contribution is 0.0895. The number of rotatable bonds is 4. The van der Waals surface area contributed by atoms with Crippen LogP contribution in [0, 0.1) is 11.3 Å². The number of nitrogens with two attached hydrogens (primary N) is 1. The maximum atomic E-state index is 8.61.